The summed E-state index contributed by atoms with van der Waals surface area (Å²) in [5.41, 5.74) is 3.23. The summed E-state index contributed by atoms with van der Waals surface area (Å²) in [7, 11) is 4.54. The van der Waals surface area contributed by atoms with Crippen LogP contribution in [0.15, 0.2) is 24.3 Å². The van der Waals surface area contributed by atoms with Crippen molar-refractivity contribution in [2.24, 2.45) is 0 Å². The molecule has 0 heterocycles. The Labute approximate surface area is 130 Å². The van der Waals surface area contributed by atoms with Crippen LogP contribution in [-0.2, 0) is 6.42 Å². The molecule has 1 unspecified atom stereocenters. The average Bonchev–Trinajstić information content (AvgIpc) is 2.49. The van der Waals surface area contributed by atoms with E-state index >= 15 is 0 Å². The molecule has 2 rings (SSSR count). The van der Waals surface area contributed by atoms with Crippen LogP contribution in [0.1, 0.15) is 50.2 Å². The maximum Gasteiger partial charge on any atom is 0.0359 e. The second-order valence-electron chi connectivity index (χ2n) is 6.80. The molecular formula is C19H32N2. The molecule has 1 aliphatic rings. The van der Waals surface area contributed by atoms with Crippen molar-refractivity contribution < 1.29 is 0 Å². The predicted octanol–water partition coefficient (Wildman–Crippen LogP) is 3.78. The number of rotatable bonds is 6. The zero-order chi connectivity index (χ0) is 15.3. The van der Waals surface area contributed by atoms with Crippen LogP contribution in [-0.4, -0.2) is 37.1 Å². The third-order valence-electron chi connectivity index (χ3n) is 5.39. The summed E-state index contributed by atoms with van der Waals surface area (Å²) in [5.74, 6) is 0. The predicted molar refractivity (Wildman–Crippen MR) is 91.9 cm³/mol. The van der Waals surface area contributed by atoms with Crippen LogP contribution in [0, 0.1) is 6.92 Å². The highest BCUT2D eigenvalue weighted by Crippen LogP contribution is 2.36. The molecule has 0 bridgehead atoms. The zero-order valence-corrected chi connectivity index (χ0v) is 14.3. The first kappa shape index (κ1) is 16.5. The summed E-state index contributed by atoms with van der Waals surface area (Å²) < 4.78 is 0. The SMILES string of the molecule is CCNC(Cc1ccccc1C)C1(N(C)C)CCCCC1. The lowest BCUT2D eigenvalue weighted by atomic mass is 9.73. The van der Waals surface area contributed by atoms with Crippen molar-refractivity contribution in [1.82, 2.24) is 10.2 Å². The summed E-state index contributed by atoms with van der Waals surface area (Å²) in [5, 5.41) is 3.81. The summed E-state index contributed by atoms with van der Waals surface area (Å²) in [6, 6.07) is 9.39. The Morgan fingerprint density at radius 3 is 2.38 bits per heavy atom. The van der Waals surface area contributed by atoms with Crippen LogP contribution in [0.25, 0.3) is 0 Å². The molecule has 0 amide bonds. The van der Waals surface area contributed by atoms with Crippen molar-refractivity contribution in [1.29, 1.82) is 0 Å². The highest BCUT2D eigenvalue weighted by Gasteiger charge is 2.41. The molecule has 1 N–H and O–H groups in total. The number of nitrogens with zero attached hydrogens (tertiary/aromatic N) is 1. The average molecular weight is 288 g/mol. The Morgan fingerprint density at radius 2 is 1.81 bits per heavy atom. The van der Waals surface area contributed by atoms with Gasteiger partial charge in [0.25, 0.3) is 0 Å². The standard InChI is InChI=1S/C19H32N2/c1-5-20-18(15-17-12-8-7-11-16(17)2)19(21(3)4)13-9-6-10-14-19/h7-8,11-12,18,20H,5-6,9-10,13-15H2,1-4H3. The second-order valence-corrected chi connectivity index (χ2v) is 6.80. The molecule has 1 aromatic rings. The van der Waals surface area contributed by atoms with Gasteiger partial charge in [-0.2, -0.15) is 0 Å². The summed E-state index contributed by atoms with van der Waals surface area (Å²) in [4.78, 5) is 2.50. The molecule has 118 valence electrons. The monoisotopic (exact) mass is 288 g/mol. The lowest BCUT2D eigenvalue weighted by Crippen LogP contribution is -2.60. The van der Waals surface area contributed by atoms with E-state index in [9.17, 15) is 0 Å². The molecule has 1 saturated carbocycles. The number of benzene rings is 1. The van der Waals surface area contributed by atoms with Gasteiger partial charge in [-0.15, -0.1) is 0 Å². The van der Waals surface area contributed by atoms with Crippen molar-refractivity contribution in [2.75, 3.05) is 20.6 Å². The fraction of sp³-hybridized carbons (Fsp3) is 0.684. The Hall–Kier alpha value is -0.860. The van der Waals surface area contributed by atoms with Crippen LogP contribution in [0.2, 0.25) is 0 Å². The molecule has 0 radical (unpaired) electrons. The molecule has 21 heavy (non-hydrogen) atoms. The minimum absolute atomic E-state index is 0.316. The summed E-state index contributed by atoms with van der Waals surface area (Å²) in [6.07, 6.45) is 7.92. The summed E-state index contributed by atoms with van der Waals surface area (Å²) >= 11 is 0. The second kappa shape index (κ2) is 7.42. The van der Waals surface area contributed by atoms with E-state index in [0.29, 0.717) is 11.6 Å². The van der Waals surface area contributed by atoms with Gasteiger partial charge in [0.15, 0.2) is 0 Å². The first-order valence-electron chi connectivity index (χ1n) is 8.55. The maximum absolute atomic E-state index is 3.81. The molecule has 0 aromatic heterocycles. The third kappa shape index (κ3) is 3.67. The molecule has 1 atom stereocenters. The van der Waals surface area contributed by atoms with Gasteiger partial charge in [-0.3, -0.25) is 0 Å². The van der Waals surface area contributed by atoms with Crippen LogP contribution in [0.3, 0.4) is 0 Å². The number of aryl methyl sites for hydroxylation is 1. The Balaban J connectivity index is 2.25. The van der Waals surface area contributed by atoms with Gasteiger partial charge in [-0.1, -0.05) is 50.5 Å². The number of hydrogen-bond donors (Lipinski definition) is 1. The van der Waals surface area contributed by atoms with Gasteiger partial charge >= 0.3 is 0 Å². The quantitative estimate of drug-likeness (QED) is 0.857. The van der Waals surface area contributed by atoms with Gasteiger partial charge in [0.2, 0.25) is 0 Å². The fourth-order valence-corrected chi connectivity index (χ4v) is 4.03. The molecule has 2 heteroatoms. The van der Waals surface area contributed by atoms with Crippen molar-refractivity contribution in [3.8, 4) is 0 Å². The smallest absolute Gasteiger partial charge is 0.0359 e. The lowest BCUT2D eigenvalue weighted by molar-refractivity contribution is 0.0574. The maximum atomic E-state index is 3.81. The van der Waals surface area contributed by atoms with E-state index in [1.165, 1.54) is 43.2 Å². The van der Waals surface area contributed by atoms with Crippen LogP contribution >= 0.6 is 0 Å². The number of likely N-dealkylation sites (N-methyl/N-ethyl adjacent to an activating group) is 2. The van der Waals surface area contributed by atoms with Gasteiger partial charge in [0.1, 0.15) is 0 Å². The van der Waals surface area contributed by atoms with E-state index in [2.05, 4.69) is 62.4 Å². The number of nitrogens with one attached hydrogen (secondary N) is 1. The molecule has 1 aliphatic carbocycles. The number of hydrogen-bond acceptors (Lipinski definition) is 2. The van der Waals surface area contributed by atoms with Crippen molar-refractivity contribution in [3.05, 3.63) is 35.4 Å². The molecular weight excluding hydrogens is 256 g/mol. The lowest BCUT2D eigenvalue weighted by Gasteiger charge is -2.49. The molecule has 0 spiro atoms. The van der Waals surface area contributed by atoms with E-state index in [-0.39, 0.29) is 0 Å². The Bertz CT molecular complexity index is 433. The minimum atomic E-state index is 0.316. The third-order valence-corrected chi connectivity index (χ3v) is 5.39. The van der Waals surface area contributed by atoms with Gasteiger partial charge in [-0.05, 0) is 58.0 Å². The van der Waals surface area contributed by atoms with E-state index in [0.717, 1.165) is 13.0 Å². The van der Waals surface area contributed by atoms with Crippen molar-refractivity contribution in [3.63, 3.8) is 0 Å². The van der Waals surface area contributed by atoms with Crippen LogP contribution in [0.4, 0.5) is 0 Å². The fourth-order valence-electron chi connectivity index (χ4n) is 4.03. The van der Waals surface area contributed by atoms with Gasteiger partial charge in [0, 0.05) is 11.6 Å². The van der Waals surface area contributed by atoms with Gasteiger partial charge in [0.05, 0.1) is 0 Å². The van der Waals surface area contributed by atoms with Crippen molar-refractivity contribution in [2.45, 2.75) is 64.0 Å². The van der Waals surface area contributed by atoms with E-state index in [1.54, 1.807) is 0 Å². The van der Waals surface area contributed by atoms with E-state index in [4.69, 9.17) is 0 Å². The highest BCUT2D eigenvalue weighted by atomic mass is 15.2. The normalized spacial score (nSPS) is 19.7. The minimum Gasteiger partial charge on any atom is -0.312 e. The van der Waals surface area contributed by atoms with Gasteiger partial charge in [-0.25, -0.2) is 0 Å². The molecule has 0 aliphatic heterocycles. The first-order valence-corrected chi connectivity index (χ1v) is 8.55. The molecule has 1 fully saturated rings. The van der Waals surface area contributed by atoms with Gasteiger partial charge < -0.3 is 10.2 Å². The molecule has 0 saturated heterocycles. The van der Waals surface area contributed by atoms with Crippen LogP contribution < -0.4 is 5.32 Å². The van der Waals surface area contributed by atoms with E-state index in [1.807, 2.05) is 0 Å². The van der Waals surface area contributed by atoms with Crippen LogP contribution in [0.5, 0.6) is 0 Å². The zero-order valence-electron chi connectivity index (χ0n) is 14.3. The first-order chi connectivity index (χ1) is 10.1. The summed E-state index contributed by atoms with van der Waals surface area (Å²) in [6.45, 7) is 5.52. The molecule has 1 aromatic carbocycles. The Kier molecular flexibility index (Phi) is 5.83. The topological polar surface area (TPSA) is 15.3 Å². The van der Waals surface area contributed by atoms with E-state index < -0.39 is 0 Å². The Morgan fingerprint density at radius 1 is 1.14 bits per heavy atom. The molecule has 2 nitrogen and oxygen atoms in total. The largest absolute Gasteiger partial charge is 0.312 e. The highest BCUT2D eigenvalue weighted by molar-refractivity contribution is 5.27. The van der Waals surface area contributed by atoms with Crippen molar-refractivity contribution >= 4 is 0 Å².